The topological polar surface area (TPSA) is 90.4 Å². The Morgan fingerprint density at radius 2 is 1.91 bits per heavy atom. The van der Waals surface area contributed by atoms with E-state index < -0.39 is 15.6 Å². The molecule has 0 spiro atoms. The average Bonchev–Trinajstić information content (AvgIpc) is 3.59. The van der Waals surface area contributed by atoms with Gasteiger partial charge in [-0.15, -0.1) is 0 Å². The molecule has 0 unspecified atom stereocenters. The van der Waals surface area contributed by atoms with E-state index in [9.17, 15) is 18.3 Å². The summed E-state index contributed by atoms with van der Waals surface area (Å²) >= 11 is 6.00. The minimum Gasteiger partial charge on any atom is -0.441 e. The van der Waals surface area contributed by atoms with E-state index in [2.05, 4.69) is 4.90 Å². The van der Waals surface area contributed by atoms with Crippen LogP contribution in [-0.4, -0.2) is 90.2 Å². The molecule has 2 aliphatic heterocycles. The highest BCUT2D eigenvalue weighted by atomic mass is 35.5. The fourth-order valence-corrected chi connectivity index (χ4v) is 7.66. The van der Waals surface area contributed by atoms with Crippen LogP contribution in [0.3, 0.4) is 0 Å². The number of ether oxygens (including phenoxy) is 1. The molecule has 3 aliphatic rings. The van der Waals surface area contributed by atoms with Gasteiger partial charge in [-0.3, -0.25) is 4.90 Å². The van der Waals surface area contributed by atoms with Crippen LogP contribution >= 0.6 is 11.6 Å². The fourth-order valence-electron chi connectivity index (χ4n) is 5.53. The minimum absolute atomic E-state index is 0.0350. The van der Waals surface area contributed by atoms with Gasteiger partial charge in [0.1, 0.15) is 5.60 Å². The smallest absolute Gasteiger partial charge is 0.410 e. The van der Waals surface area contributed by atoms with Crippen molar-refractivity contribution in [2.45, 2.75) is 81.0 Å². The Morgan fingerprint density at radius 3 is 2.50 bits per heavy atom. The van der Waals surface area contributed by atoms with Crippen LogP contribution in [0.5, 0.6) is 0 Å². The van der Waals surface area contributed by atoms with Crippen molar-refractivity contribution in [3.05, 3.63) is 29.3 Å². The van der Waals surface area contributed by atoms with Crippen LogP contribution in [0, 0.1) is 0 Å². The monoisotopic (exact) mass is 513 g/mol. The molecule has 0 radical (unpaired) electrons. The first-order chi connectivity index (χ1) is 16.2. The molecule has 0 aromatic heterocycles. The van der Waals surface area contributed by atoms with E-state index in [4.69, 9.17) is 16.3 Å². The van der Waals surface area contributed by atoms with E-state index in [-0.39, 0.29) is 35.7 Å². The van der Waals surface area contributed by atoms with Crippen molar-refractivity contribution in [1.82, 2.24) is 14.1 Å². The normalized spacial score (nSPS) is 28.0. The standard InChI is InChI=1S/C24H36ClN3O5S/c1-3-20-5-4-6-22(28(20)34(31,32)21-9-7-19(25)8-10-21)24(11-12-24)33-23(30)27-14-13-26(15-16-29)17-18(27)2/h7-10,18,20,22,29H,3-6,11-17H2,1-2H3/t18-,20+,22+/m0/s1. The van der Waals surface area contributed by atoms with Gasteiger partial charge in [0.05, 0.1) is 17.5 Å². The van der Waals surface area contributed by atoms with E-state index in [0.29, 0.717) is 56.9 Å². The molecule has 2 heterocycles. The van der Waals surface area contributed by atoms with Crippen LogP contribution < -0.4 is 0 Å². The molecule has 1 aromatic rings. The van der Waals surface area contributed by atoms with Crippen molar-refractivity contribution in [3.63, 3.8) is 0 Å². The number of sulfonamides is 1. The second-order valence-corrected chi connectivity index (χ2v) is 12.1. The van der Waals surface area contributed by atoms with Gasteiger partial charge in [0.2, 0.25) is 10.0 Å². The first-order valence-electron chi connectivity index (χ1n) is 12.3. The van der Waals surface area contributed by atoms with E-state index in [1.54, 1.807) is 33.5 Å². The molecule has 1 aromatic carbocycles. The summed E-state index contributed by atoms with van der Waals surface area (Å²) in [5.41, 5.74) is -0.771. The summed E-state index contributed by atoms with van der Waals surface area (Å²) in [6.07, 6.45) is 4.07. The molecule has 3 atom stereocenters. The number of rotatable bonds is 7. The summed E-state index contributed by atoms with van der Waals surface area (Å²) in [5.74, 6) is 0. The van der Waals surface area contributed by atoms with Gasteiger partial charge in [0, 0.05) is 43.3 Å². The van der Waals surface area contributed by atoms with Crippen LogP contribution in [0.2, 0.25) is 5.02 Å². The number of benzene rings is 1. The Bertz CT molecular complexity index is 969. The average molecular weight is 514 g/mol. The summed E-state index contributed by atoms with van der Waals surface area (Å²) < 4.78 is 35.4. The van der Waals surface area contributed by atoms with E-state index in [0.717, 1.165) is 12.8 Å². The predicted molar refractivity (Wildman–Crippen MR) is 130 cm³/mol. The van der Waals surface area contributed by atoms with Gasteiger partial charge in [-0.2, -0.15) is 4.31 Å². The number of aliphatic hydroxyl groups is 1. The number of hydrogen-bond donors (Lipinski definition) is 1. The van der Waals surface area contributed by atoms with Gasteiger partial charge in [0.25, 0.3) is 0 Å². The number of carbonyl (C=O) groups excluding carboxylic acids is 1. The Balaban J connectivity index is 1.55. The molecule has 1 N–H and O–H groups in total. The maximum atomic E-state index is 13.8. The predicted octanol–water partition coefficient (Wildman–Crippen LogP) is 3.33. The summed E-state index contributed by atoms with van der Waals surface area (Å²) in [7, 11) is -3.78. The lowest BCUT2D eigenvalue weighted by molar-refractivity contribution is -0.0224. The van der Waals surface area contributed by atoms with E-state index in [1.165, 1.54) is 0 Å². The summed E-state index contributed by atoms with van der Waals surface area (Å²) in [6.45, 7) is 6.58. The lowest BCUT2D eigenvalue weighted by Crippen LogP contribution is -2.59. The molecule has 4 rings (SSSR count). The highest BCUT2D eigenvalue weighted by Gasteiger charge is 2.59. The molecule has 10 heteroatoms. The Kier molecular flexibility index (Phi) is 7.79. The number of hydrogen-bond acceptors (Lipinski definition) is 6. The number of piperidine rings is 1. The number of amides is 1. The molecule has 2 saturated heterocycles. The number of halogens is 1. The van der Waals surface area contributed by atoms with Crippen LogP contribution in [0.4, 0.5) is 4.79 Å². The van der Waals surface area contributed by atoms with Crippen molar-refractivity contribution >= 4 is 27.7 Å². The first-order valence-corrected chi connectivity index (χ1v) is 14.2. The lowest BCUT2D eigenvalue weighted by atomic mass is 9.92. The lowest BCUT2D eigenvalue weighted by Gasteiger charge is -2.45. The Labute approximate surface area is 207 Å². The van der Waals surface area contributed by atoms with Crippen molar-refractivity contribution in [1.29, 1.82) is 0 Å². The molecule has 1 aliphatic carbocycles. The molecule has 3 fully saturated rings. The summed E-state index contributed by atoms with van der Waals surface area (Å²) in [5, 5.41) is 9.69. The zero-order valence-corrected chi connectivity index (χ0v) is 21.6. The van der Waals surface area contributed by atoms with Crippen LogP contribution in [-0.2, 0) is 14.8 Å². The SMILES string of the molecule is CC[C@@H]1CCC[C@H](C2(OC(=O)N3CCN(CCO)C[C@@H]3C)CC2)N1S(=O)(=O)c1ccc(Cl)cc1. The summed E-state index contributed by atoms with van der Waals surface area (Å²) in [6, 6.07) is 5.76. The van der Waals surface area contributed by atoms with Gasteiger partial charge in [-0.05, 0) is 63.3 Å². The summed E-state index contributed by atoms with van der Waals surface area (Å²) in [4.78, 5) is 17.3. The van der Waals surface area contributed by atoms with Gasteiger partial charge in [-0.25, -0.2) is 13.2 Å². The maximum Gasteiger partial charge on any atom is 0.410 e. The number of nitrogens with zero attached hydrogens (tertiary/aromatic N) is 3. The molecule has 1 amide bonds. The second-order valence-electron chi connectivity index (χ2n) is 9.80. The first kappa shape index (κ1) is 25.7. The highest BCUT2D eigenvalue weighted by Crippen LogP contribution is 2.50. The quantitative estimate of drug-likeness (QED) is 0.601. The second kappa shape index (κ2) is 10.3. The number of carbonyl (C=O) groups is 1. The Hall–Kier alpha value is -1.39. The molecule has 34 heavy (non-hydrogen) atoms. The molecule has 1 saturated carbocycles. The van der Waals surface area contributed by atoms with E-state index in [1.807, 2.05) is 13.8 Å². The molecule has 0 bridgehead atoms. The maximum absolute atomic E-state index is 13.8. The fraction of sp³-hybridized carbons (Fsp3) is 0.708. The highest BCUT2D eigenvalue weighted by molar-refractivity contribution is 7.89. The van der Waals surface area contributed by atoms with Gasteiger partial charge >= 0.3 is 6.09 Å². The van der Waals surface area contributed by atoms with Gasteiger partial charge in [-0.1, -0.05) is 24.9 Å². The zero-order valence-electron chi connectivity index (χ0n) is 20.0. The third-order valence-corrected chi connectivity index (χ3v) is 9.77. The molecular weight excluding hydrogens is 478 g/mol. The van der Waals surface area contributed by atoms with Crippen molar-refractivity contribution in [2.75, 3.05) is 32.8 Å². The third-order valence-electron chi connectivity index (χ3n) is 7.55. The number of aliphatic hydroxyl groups excluding tert-OH is 1. The van der Waals surface area contributed by atoms with Crippen molar-refractivity contribution < 1.29 is 23.1 Å². The zero-order chi connectivity index (χ0) is 24.5. The van der Waals surface area contributed by atoms with Crippen LogP contribution in [0.1, 0.15) is 52.4 Å². The van der Waals surface area contributed by atoms with Crippen LogP contribution in [0.25, 0.3) is 0 Å². The van der Waals surface area contributed by atoms with Gasteiger partial charge < -0.3 is 14.7 Å². The number of piperazine rings is 1. The minimum atomic E-state index is -3.78. The molecule has 8 nitrogen and oxygen atoms in total. The van der Waals surface area contributed by atoms with Gasteiger partial charge in [0.15, 0.2) is 0 Å². The molecule has 190 valence electrons. The number of β-amino-alcohol motifs (C(OH)–C–C–N with tert-alkyl or cyclic N) is 1. The van der Waals surface area contributed by atoms with Crippen LogP contribution in [0.15, 0.2) is 29.2 Å². The van der Waals surface area contributed by atoms with Crippen molar-refractivity contribution in [3.8, 4) is 0 Å². The molecular formula is C24H36ClN3O5S. The van der Waals surface area contributed by atoms with E-state index >= 15 is 0 Å². The van der Waals surface area contributed by atoms with Crippen molar-refractivity contribution in [2.24, 2.45) is 0 Å². The largest absolute Gasteiger partial charge is 0.441 e. The third kappa shape index (κ3) is 5.09. The Morgan fingerprint density at radius 1 is 1.21 bits per heavy atom.